The number of aliphatic hydroxyl groups excluding tert-OH is 4. The third-order valence-electron chi connectivity index (χ3n) is 10.4. The van der Waals surface area contributed by atoms with E-state index >= 15 is 0 Å². The van der Waals surface area contributed by atoms with Gasteiger partial charge in [-0.1, -0.05) is 37.1 Å². The second kappa shape index (κ2) is 30.7. The van der Waals surface area contributed by atoms with Gasteiger partial charge in [0, 0.05) is 38.2 Å². The number of hydrogen-bond donors (Lipinski definition) is 10. The van der Waals surface area contributed by atoms with Crippen LogP contribution in [0.25, 0.3) is 0 Å². The maximum absolute atomic E-state index is 12.9. The Hall–Kier alpha value is -4.96. The molecule has 1 fully saturated rings. The van der Waals surface area contributed by atoms with Crippen molar-refractivity contribution in [2.75, 3.05) is 103 Å². The summed E-state index contributed by atoms with van der Waals surface area (Å²) in [6, 6.07) is 3.44. The quantitative estimate of drug-likeness (QED) is 0.0313. The molecule has 0 radical (unpaired) electrons. The number of anilines is 2. The molecule has 23 nitrogen and oxygen atoms in total. The van der Waals surface area contributed by atoms with Gasteiger partial charge in [-0.25, -0.2) is 18.4 Å². The van der Waals surface area contributed by atoms with Crippen molar-refractivity contribution in [3.8, 4) is 0 Å². The fourth-order valence-corrected chi connectivity index (χ4v) is 6.84. The van der Waals surface area contributed by atoms with Crippen LogP contribution in [0.15, 0.2) is 33.9 Å². The van der Waals surface area contributed by atoms with E-state index in [1.54, 1.807) is 20.8 Å². The minimum Gasteiger partial charge on any atom is -0.477 e. The molecule has 396 valence electrons. The highest BCUT2D eigenvalue weighted by Crippen LogP contribution is 2.34. The van der Waals surface area contributed by atoms with Gasteiger partial charge in [-0.15, -0.1) is 0 Å². The van der Waals surface area contributed by atoms with Crippen LogP contribution < -0.4 is 37.4 Å². The van der Waals surface area contributed by atoms with Crippen molar-refractivity contribution in [1.82, 2.24) is 16.0 Å². The number of rotatable bonds is 35. The number of carboxylic acid groups (broad SMARTS) is 1. The zero-order valence-corrected chi connectivity index (χ0v) is 39.7. The molecule has 0 aromatic heterocycles. The average molecular weight is 1010 g/mol. The maximum atomic E-state index is 12.9. The van der Waals surface area contributed by atoms with Gasteiger partial charge in [0.15, 0.2) is 0 Å². The van der Waals surface area contributed by atoms with Crippen molar-refractivity contribution >= 4 is 35.3 Å². The molecule has 2 aromatic carbocycles. The van der Waals surface area contributed by atoms with Crippen molar-refractivity contribution in [3.05, 3.63) is 55.8 Å². The molecule has 0 bridgehead atoms. The summed E-state index contributed by atoms with van der Waals surface area (Å²) in [5.41, 5.74) is -1.41. The molecule has 10 N–H and O–H groups in total. The van der Waals surface area contributed by atoms with E-state index in [-0.39, 0.29) is 43.1 Å². The van der Waals surface area contributed by atoms with Crippen LogP contribution in [-0.4, -0.2) is 184 Å². The van der Waals surface area contributed by atoms with Gasteiger partial charge in [0.05, 0.1) is 84.1 Å². The first-order valence-corrected chi connectivity index (χ1v) is 23.0. The maximum Gasteiger partial charge on any atom is 0.407 e. The number of carbonyl (C=O) groups is 4. The number of nitrogens with one attached hydrogen (secondary N) is 5. The summed E-state index contributed by atoms with van der Waals surface area (Å²) in [7, 11) is 0. The number of halogens is 2. The van der Waals surface area contributed by atoms with E-state index in [1.165, 1.54) is 12.1 Å². The summed E-state index contributed by atoms with van der Waals surface area (Å²) in [5, 5.41) is 65.5. The molecule has 0 saturated carbocycles. The Morgan fingerprint density at radius 1 is 0.771 bits per heavy atom. The van der Waals surface area contributed by atoms with Crippen molar-refractivity contribution < 1.29 is 86.6 Å². The number of alkyl carbamates (subject to hydrolysis) is 1. The summed E-state index contributed by atoms with van der Waals surface area (Å²) in [4.78, 5) is 73.2. The van der Waals surface area contributed by atoms with E-state index in [9.17, 15) is 63.1 Å². The van der Waals surface area contributed by atoms with Gasteiger partial charge in [-0.2, -0.15) is 0 Å². The largest absolute Gasteiger partial charge is 0.477 e. The monoisotopic (exact) mass is 1010 g/mol. The summed E-state index contributed by atoms with van der Waals surface area (Å²) in [6.45, 7) is 6.98. The Morgan fingerprint density at radius 3 is 1.89 bits per heavy atom. The van der Waals surface area contributed by atoms with Crippen LogP contribution in [0.3, 0.4) is 0 Å². The molecule has 0 unspecified atom stereocenters. The number of carbonyl (C=O) groups excluding carboxylic acids is 3. The number of carboxylic acids is 1. The fraction of sp³-hybridized carbons (Fsp3) is 0.689. The zero-order valence-electron chi connectivity index (χ0n) is 39.7. The van der Waals surface area contributed by atoms with Gasteiger partial charge in [0.2, 0.25) is 11.8 Å². The van der Waals surface area contributed by atoms with Gasteiger partial charge < -0.3 is 85.3 Å². The Labute approximate surface area is 403 Å². The van der Waals surface area contributed by atoms with Crippen LogP contribution in [0.4, 0.5) is 25.0 Å². The zero-order chi connectivity index (χ0) is 51.7. The van der Waals surface area contributed by atoms with Crippen LogP contribution >= 0.6 is 0 Å². The second-order valence-corrected chi connectivity index (χ2v) is 17.1. The minimum atomic E-state index is -2.69. The third kappa shape index (κ3) is 20.8. The number of alkyl halides is 2. The third-order valence-corrected chi connectivity index (χ3v) is 10.4. The van der Waals surface area contributed by atoms with Crippen LogP contribution in [0.1, 0.15) is 70.4 Å². The van der Waals surface area contributed by atoms with Gasteiger partial charge in [0.1, 0.15) is 35.8 Å². The predicted molar refractivity (Wildman–Crippen MR) is 245 cm³/mol. The van der Waals surface area contributed by atoms with Crippen molar-refractivity contribution in [3.63, 3.8) is 0 Å². The van der Waals surface area contributed by atoms with Crippen LogP contribution in [0.5, 0.6) is 0 Å². The van der Waals surface area contributed by atoms with Gasteiger partial charge >= 0.3 is 12.1 Å². The lowest BCUT2D eigenvalue weighted by Crippen LogP contribution is -2.68. The van der Waals surface area contributed by atoms with E-state index in [1.807, 2.05) is 0 Å². The number of aliphatic carboxylic acids is 1. The lowest BCUT2D eigenvalue weighted by molar-refractivity contribution is -0.310. The van der Waals surface area contributed by atoms with Gasteiger partial charge in [-0.3, -0.25) is 19.2 Å². The smallest absolute Gasteiger partial charge is 0.407 e. The number of hydrogen-bond acceptors (Lipinski definition) is 19. The van der Waals surface area contributed by atoms with Gasteiger partial charge in [-0.05, 0) is 39.2 Å². The molecular formula is C45H69F2N5O18. The van der Waals surface area contributed by atoms with Crippen molar-refractivity contribution in [2.45, 2.75) is 108 Å². The van der Waals surface area contributed by atoms with Crippen LogP contribution in [0.2, 0.25) is 0 Å². The first kappa shape index (κ1) is 59.3. The first-order chi connectivity index (χ1) is 33.3. The van der Waals surface area contributed by atoms with E-state index in [0.29, 0.717) is 90.6 Å². The molecule has 1 aliphatic heterocycles. The molecule has 1 heterocycles. The second-order valence-electron chi connectivity index (χ2n) is 17.1. The van der Waals surface area contributed by atoms with E-state index < -0.39 is 103 Å². The van der Waals surface area contributed by atoms with Gasteiger partial charge in [0.25, 0.3) is 23.1 Å². The SMILES string of the molecule is CC(C)(C)OC(=O)NCCOCCOCCOCCOCCNc1c(NCCCCCCO[C@]2(C(=O)O)C[C@H](O)[C@@H](NC(=O)CO)[C@H]([C@H](O)[C@H](O)CNC(=O)Cc3ccc(C(F)F)cc3)O2)c(=O)c1=O. The van der Waals surface area contributed by atoms with Crippen LogP contribution in [-0.2, 0) is 54.0 Å². The highest BCUT2D eigenvalue weighted by Gasteiger charge is 2.55. The standard InChI is InChI=1S/C45H69F2N5O18/c1-44(2,3)70-43(63)50-14-17-65-19-21-67-23-22-66-20-18-64-16-13-49-36-35(38(59)39(36)60)48-12-6-4-5-7-15-68-45(42(61)62)25-30(54)34(52-33(57)27-53)40(69-45)37(58)31(55)26-51-32(56)24-28-8-10-29(11-9-28)41(46)47/h8-11,30-31,34,37,40-41,48-49,53-55,58H,4-7,12-27H2,1-3H3,(H,50,63)(H,51,56)(H,52,57)(H,61,62)/t30-,31+,34+,37+,40+,45+/m0/s1. The Morgan fingerprint density at radius 2 is 1.33 bits per heavy atom. The number of unbranched alkanes of at least 4 members (excludes halogenated alkanes) is 3. The lowest BCUT2D eigenvalue weighted by atomic mass is 9.88. The first-order valence-electron chi connectivity index (χ1n) is 23.0. The summed E-state index contributed by atoms with van der Waals surface area (Å²) < 4.78 is 64.0. The molecule has 0 spiro atoms. The fourth-order valence-electron chi connectivity index (χ4n) is 6.84. The molecule has 1 saturated heterocycles. The Balaban J connectivity index is 1.32. The predicted octanol–water partition coefficient (Wildman–Crippen LogP) is -0.299. The molecule has 25 heteroatoms. The average Bonchev–Trinajstić information content (AvgIpc) is 3.31. The summed E-state index contributed by atoms with van der Waals surface area (Å²) >= 11 is 0. The summed E-state index contributed by atoms with van der Waals surface area (Å²) in [6.07, 6.45) is -9.69. The Bertz CT molecular complexity index is 1970. The number of ether oxygens (including phenoxy) is 7. The number of benzene rings is 1. The van der Waals surface area contributed by atoms with Crippen molar-refractivity contribution in [1.29, 1.82) is 0 Å². The van der Waals surface area contributed by atoms with E-state index in [0.717, 1.165) is 12.1 Å². The number of aliphatic hydroxyl groups is 4. The molecule has 70 heavy (non-hydrogen) atoms. The van der Waals surface area contributed by atoms with E-state index in [4.69, 9.17) is 33.2 Å². The minimum absolute atomic E-state index is 0.156. The normalized spacial score (nSPS) is 19.1. The molecule has 0 aliphatic carbocycles. The van der Waals surface area contributed by atoms with Crippen LogP contribution in [0, 0.1) is 0 Å². The Kier molecular flexibility index (Phi) is 26.0. The van der Waals surface area contributed by atoms with Crippen molar-refractivity contribution in [2.24, 2.45) is 0 Å². The molecule has 3 amide bonds. The molecular weight excluding hydrogens is 937 g/mol. The molecule has 1 aliphatic rings. The molecule has 2 aromatic rings. The number of amides is 3. The highest BCUT2D eigenvalue weighted by molar-refractivity contribution is 5.79. The lowest BCUT2D eigenvalue weighted by Gasteiger charge is -2.46. The molecule has 3 rings (SSSR count). The topological polar surface area (TPSA) is 328 Å². The van der Waals surface area contributed by atoms with E-state index in [2.05, 4.69) is 26.6 Å². The highest BCUT2D eigenvalue weighted by atomic mass is 19.3. The molecule has 6 atom stereocenters. The summed E-state index contributed by atoms with van der Waals surface area (Å²) in [5.74, 6) is -5.89.